The van der Waals surface area contributed by atoms with Crippen molar-refractivity contribution in [3.8, 4) is 0 Å². The molecular weight excluding hydrogens is 420 g/mol. The number of fused-ring (bicyclic) bond motifs is 1. The van der Waals surface area contributed by atoms with Gasteiger partial charge in [0.15, 0.2) is 5.16 Å². The van der Waals surface area contributed by atoms with E-state index in [2.05, 4.69) is 25.7 Å². The molecule has 7 heteroatoms. The van der Waals surface area contributed by atoms with Crippen LogP contribution in [-0.4, -0.2) is 62.6 Å². The second-order valence-corrected chi connectivity index (χ2v) is 10.6. The van der Waals surface area contributed by atoms with E-state index in [4.69, 9.17) is 4.98 Å². The van der Waals surface area contributed by atoms with Gasteiger partial charge in [0.05, 0.1) is 16.8 Å². The van der Waals surface area contributed by atoms with Crippen molar-refractivity contribution < 1.29 is 9.59 Å². The first-order valence-electron chi connectivity index (χ1n) is 12.1. The van der Waals surface area contributed by atoms with E-state index in [9.17, 15) is 9.59 Å². The summed E-state index contributed by atoms with van der Waals surface area (Å²) >= 11 is 1.47. The van der Waals surface area contributed by atoms with E-state index in [1.54, 1.807) is 0 Å². The summed E-state index contributed by atoms with van der Waals surface area (Å²) in [6.07, 6.45) is 5.59. The Balaban J connectivity index is 1.50. The summed E-state index contributed by atoms with van der Waals surface area (Å²) in [5.41, 5.74) is 1.83. The largest absolute Gasteiger partial charge is 0.341 e. The number of carbonyl (C=O) groups is 2. The number of nitrogens with zero attached hydrogens (tertiary/aromatic N) is 4. The van der Waals surface area contributed by atoms with Gasteiger partial charge in [0.2, 0.25) is 11.8 Å². The van der Waals surface area contributed by atoms with Crippen LogP contribution in [0.25, 0.3) is 11.0 Å². The third-order valence-electron chi connectivity index (χ3n) is 6.88. The van der Waals surface area contributed by atoms with Crippen LogP contribution in [0, 0.1) is 11.8 Å². The van der Waals surface area contributed by atoms with E-state index in [-0.39, 0.29) is 18.4 Å². The van der Waals surface area contributed by atoms with Crippen LogP contribution in [-0.2, 0) is 16.1 Å². The van der Waals surface area contributed by atoms with Crippen molar-refractivity contribution in [3.63, 3.8) is 0 Å². The lowest BCUT2D eigenvalue weighted by molar-refractivity contribution is -0.134. The Morgan fingerprint density at radius 1 is 1.09 bits per heavy atom. The van der Waals surface area contributed by atoms with Crippen LogP contribution in [0.2, 0.25) is 0 Å². The molecule has 2 aromatic rings. The standard InChI is InChI=1S/C25H36N4O2S/c1-4-20-9-7-8-12-28(20)24(31)17-32-25-26-21-10-5-6-11-22(21)29(25)16-23(30)27-14-18(2)13-19(3)15-27/h5-6,10-11,18-20H,4,7-9,12-17H2,1-3H3/t18-,19+,20-/m1/s1. The summed E-state index contributed by atoms with van der Waals surface area (Å²) in [5.74, 6) is 1.76. The topological polar surface area (TPSA) is 58.4 Å². The fraction of sp³-hybridized carbons (Fsp3) is 0.640. The van der Waals surface area contributed by atoms with Crippen LogP contribution in [0.15, 0.2) is 29.4 Å². The van der Waals surface area contributed by atoms with Crippen LogP contribution in [0.5, 0.6) is 0 Å². The van der Waals surface area contributed by atoms with Gasteiger partial charge in [-0.05, 0) is 56.1 Å². The second-order valence-electron chi connectivity index (χ2n) is 9.65. The first-order valence-corrected chi connectivity index (χ1v) is 13.1. The van der Waals surface area contributed by atoms with Gasteiger partial charge in [0.25, 0.3) is 0 Å². The molecule has 2 aliphatic heterocycles. The molecule has 1 aromatic carbocycles. The van der Waals surface area contributed by atoms with Crippen LogP contribution >= 0.6 is 11.8 Å². The van der Waals surface area contributed by atoms with Crippen molar-refractivity contribution in [1.82, 2.24) is 19.4 Å². The third-order valence-corrected chi connectivity index (χ3v) is 7.84. The maximum atomic E-state index is 13.2. The molecule has 1 aromatic heterocycles. The predicted octanol–water partition coefficient (Wildman–Crippen LogP) is 4.42. The fourth-order valence-electron chi connectivity index (χ4n) is 5.38. The Morgan fingerprint density at radius 2 is 1.84 bits per heavy atom. The number of thioether (sulfide) groups is 1. The molecule has 32 heavy (non-hydrogen) atoms. The molecule has 4 rings (SSSR count). The van der Waals surface area contributed by atoms with Crippen LogP contribution < -0.4 is 0 Å². The highest BCUT2D eigenvalue weighted by Gasteiger charge is 2.28. The number of rotatable bonds is 6. The fourth-order valence-corrected chi connectivity index (χ4v) is 6.28. The molecule has 0 unspecified atom stereocenters. The van der Waals surface area contributed by atoms with Crippen molar-refractivity contribution >= 4 is 34.6 Å². The van der Waals surface area contributed by atoms with E-state index >= 15 is 0 Å². The van der Waals surface area contributed by atoms with Crippen LogP contribution in [0.3, 0.4) is 0 Å². The average molecular weight is 457 g/mol. The first kappa shape index (κ1) is 23.1. The van der Waals surface area contributed by atoms with E-state index in [1.807, 2.05) is 33.7 Å². The highest BCUT2D eigenvalue weighted by molar-refractivity contribution is 7.99. The number of amides is 2. The Labute approximate surface area is 195 Å². The Morgan fingerprint density at radius 3 is 2.59 bits per heavy atom. The van der Waals surface area contributed by atoms with Crippen molar-refractivity contribution in [1.29, 1.82) is 0 Å². The van der Waals surface area contributed by atoms with Gasteiger partial charge in [-0.1, -0.05) is 44.7 Å². The number of hydrogen-bond acceptors (Lipinski definition) is 4. The minimum atomic E-state index is 0.141. The molecule has 2 amide bonds. The molecule has 2 aliphatic rings. The second kappa shape index (κ2) is 10.3. The monoisotopic (exact) mass is 456 g/mol. The first-order chi connectivity index (χ1) is 15.5. The highest BCUT2D eigenvalue weighted by Crippen LogP contribution is 2.27. The number of carbonyl (C=O) groups excluding carboxylic acids is 2. The number of imidazole rings is 1. The molecule has 0 saturated carbocycles. The van der Waals surface area contributed by atoms with Crippen molar-refractivity contribution in [2.24, 2.45) is 11.8 Å². The minimum Gasteiger partial charge on any atom is -0.341 e. The van der Waals surface area contributed by atoms with Gasteiger partial charge >= 0.3 is 0 Å². The summed E-state index contributed by atoms with van der Waals surface area (Å²) in [7, 11) is 0. The quantitative estimate of drug-likeness (QED) is 0.604. The maximum Gasteiger partial charge on any atom is 0.242 e. The van der Waals surface area contributed by atoms with Gasteiger partial charge in [0.1, 0.15) is 6.54 Å². The van der Waals surface area contributed by atoms with E-state index in [1.165, 1.54) is 24.6 Å². The van der Waals surface area contributed by atoms with E-state index in [0.717, 1.165) is 55.1 Å². The van der Waals surface area contributed by atoms with Crippen molar-refractivity contribution in [2.45, 2.75) is 70.6 Å². The molecule has 0 bridgehead atoms. The average Bonchev–Trinajstić information content (AvgIpc) is 3.14. The normalized spacial score (nSPS) is 24.2. The number of hydrogen-bond donors (Lipinski definition) is 0. The van der Waals surface area contributed by atoms with E-state index < -0.39 is 0 Å². The molecule has 0 spiro atoms. The molecule has 6 nitrogen and oxygen atoms in total. The summed E-state index contributed by atoms with van der Waals surface area (Å²) in [6.45, 7) is 9.39. The zero-order valence-electron chi connectivity index (χ0n) is 19.6. The third kappa shape index (κ3) is 5.13. The number of piperidine rings is 2. The maximum absolute atomic E-state index is 13.2. The van der Waals surface area contributed by atoms with Crippen LogP contribution in [0.1, 0.15) is 52.9 Å². The van der Waals surface area contributed by atoms with Gasteiger partial charge < -0.3 is 14.4 Å². The molecule has 2 fully saturated rings. The molecule has 0 radical (unpaired) electrons. The van der Waals surface area contributed by atoms with E-state index in [0.29, 0.717) is 23.6 Å². The van der Waals surface area contributed by atoms with Crippen molar-refractivity contribution in [3.05, 3.63) is 24.3 Å². The molecule has 3 atom stereocenters. The predicted molar refractivity (Wildman–Crippen MR) is 130 cm³/mol. The Bertz CT molecular complexity index is 949. The summed E-state index contributed by atoms with van der Waals surface area (Å²) in [4.78, 5) is 35.1. The molecular formula is C25H36N4O2S. The Kier molecular flexibility index (Phi) is 7.44. The lowest BCUT2D eigenvalue weighted by Crippen LogP contribution is -2.44. The lowest BCUT2D eigenvalue weighted by Gasteiger charge is -2.35. The van der Waals surface area contributed by atoms with Gasteiger partial charge in [-0.2, -0.15) is 0 Å². The van der Waals surface area contributed by atoms with Gasteiger partial charge in [-0.15, -0.1) is 0 Å². The smallest absolute Gasteiger partial charge is 0.242 e. The molecule has 3 heterocycles. The summed E-state index contributed by atoms with van der Waals surface area (Å²) < 4.78 is 2.01. The number of benzene rings is 1. The van der Waals surface area contributed by atoms with Crippen molar-refractivity contribution in [2.75, 3.05) is 25.4 Å². The minimum absolute atomic E-state index is 0.141. The molecule has 2 saturated heterocycles. The van der Waals surface area contributed by atoms with Gasteiger partial charge in [-0.3, -0.25) is 9.59 Å². The number of aromatic nitrogens is 2. The SMILES string of the molecule is CC[C@@H]1CCCCN1C(=O)CSc1nc2ccccc2n1CC(=O)N1C[C@H](C)C[C@H](C)C1. The zero-order valence-corrected chi connectivity index (χ0v) is 20.4. The van der Waals surface area contributed by atoms with Gasteiger partial charge in [-0.25, -0.2) is 4.98 Å². The Hall–Kier alpha value is -2.02. The summed E-state index contributed by atoms with van der Waals surface area (Å²) in [6, 6.07) is 8.30. The lowest BCUT2D eigenvalue weighted by atomic mass is 9.92. The molecule has 0 aliphatic carbocycles. The molecule has 174 valence electrons. The molecule has 0 N–H and O–H groups in total. The summed E-state index contributed by atoms with van der Waals surface area (Å²) in [5, 5.41) is 0.760. The van der Waals surface area contributed by atoms with Gasteiger partial charge in [0, 0.05) is 25.7 Å². The number of para-hydroxylation sites is 2. The van der Waals surface area contributed by atoms with Crippen LogP contribution in [0.4, 0.5) is 0 Å². The highest BCUT2D eigenvalue weighted by atomic mass is 32.2. The zero-order chi connectivity index (χ0) is 22.7. The number of likely N-dealkylation sites (tertiary alicyclic amines) is 2.